The van der Waals surface area contributed by atoms with Gasteiger partial charge in [-0.1, -0.05) is 12.1 Å². The Balaban J connectivity index is 1.65. The molecule has 0 aliphatic heterocycles. The van der Waals surface area contributed by atoms with Crippen molar-refractivity contribution in [2.75, 3.05) is 24.3 Å². The van der Waals surface area contributed by atoms with Crippen molar-refractivity contribution in [1.29, 1.82) is 0 Å². The summed E-state index contributed by atoms with van der Waals surface area (Å²) in [6.45, 7) is 1.51. The molecule has 37 heavy (non-hydrogen) atoms. The zero-order valence-electron chi connectivity index (χ0n) is 20.3. The van der Waals surface area contributed by atoms with E-state index in [0.29, 0.717) is 5.75 Å². The molecule has 0 saturated heterocycles. The number of hydrogen-bond donors (Lipinski definition) is 3. The van der Waals surface area contributed by atoms with Gasteiger partial charge in [0.2, 0.25) is 11.8 Å². The van der Waals surface area contributed by atoms with E-state index in [9.17, 15) is 22.4 Å². The zero-order valence-corrected chi connectivity index (χ0v) is 21.1. The van der Waals surface area contributed by atoms with Crippen LogP contribution >= 0.6 is 0 Å². The fraction of sp³-hybridized carbons (Fsp3) is 0.154. The summed E-state index contributed by atoms with van der Waals surface area (Å²) in [7, 11) is -1.13. The van der Waals surface area contributed by atoms with E-state index in [4.69, 9.17) is 9.47 Å². The second-order valence-electron chi connectivity index (χ2n) is 7.80. The molecule has 0 aliphatic carbocycles. The van der Waals surface area contributed by atoms with Crippen LogP contribution in [-0.2, 0) is 19.6 Å². The molecule has 2 amide bonds. The average Bonchev–Trinajstić information content (AvgIpc) is 2.88. The van der Waals surface area contributed by atoms with Crippen LogP contribution in [0.3, 0.4) is 0 Å². The second-order valence-corrected chi connectivity index (χ2v) is 9.48. The Morgan fingerprint density at radius 3 is 2.24 bits per heavy atom. The number of sulfonamides is 1. The van der Waals surface area contributed by atoms with Gasteiger partial charge in [-0.3, -0.25) is 14.3 Å². The van der Waals surface area contributed by atoms with E-state index >= 15 is 0 Å². The molecule has 1 atom stereocenters. The first-order valence-corrected chi connectivity index (χ1v) is 12.5. The SMILES string of the molecule is COc1ccc(/C=C/C(=O)NC(C)C(=O)Nc2ccc(OC)c(NS(=O)(=O)c3ccc(F)cc3)c2)cc1. The fourth-order valence-electron chi connectivity index (χ4n) is 3.15. The lowest BCUT2D eigenvalue weighted by molar-refractivity contribution is -0.123. The summed E-state index contributed by atoms with van der Waals surface area (Å²) >= 11 is 0. The Kier molecular flexibility index (Phi) is 8.86. The van der Waals surface area contributed by atoms with Crippen molar-refractivity contribution in [3.63, 3.8) is 0 Å². The van der Waals surface area contributed by atoms with Gasteiger partial charge in [0.25, 0.3) is 10.0 Å². The first kappa shape index (κ1) is 27.2. The molecule has 0 saturated carbocycles. The van der Waals surface area contributed by atoms with E-state index in [2.05, 4.69) is 15.4 Å². The quantitative estimate of drug-likeness (QED) is 0.345. The number of hydrogen-bond acceptors (Lipinski definition) is 6. The van der Waals surface area contributed by atoms with Crippen molar-refractivity contribution in [3.8, 4) is 11.5 Å². The smallest absolute Gasteiger partial charge is 0.262 e. The van der Waals surface area contributed by atoms with Crippen LogP contribution < -0.4 is 24.8 Å². The molecule has 0 fully saturated rings. The maximum absolute atomic E-state index is 13.2. The summed E-state index contributed by atoms with van der Waals surface area (Å²) in [5, 5.41) is 5.19. The predicted octanol–water partition coefficient (Wildman–Crippen LogP) is 3.80. The van der Waals surface area contributed by atoms with Crippen molar-refractivity contribution in [1.82, 2.24) is 5.32 Å². The summed E-state index contributed by atoms with van der Waals surface area (Å²) in [6.07, 6.45) is 2.91. The molecule has 9 nitrogen and oxygen atoms in total. The lowest BCUT2D eigenvalue weighted by Crippen LogP contribution is -2.40. The van der Waals surface area contributed by atoms with E-state index in [1.165, 1.54) is 38.3 Å². The molecule has 3 aromatic carbocycles. The number of carbonyl (C=O) groups excluding carboxylic acids is 2. The first-order chi connectivity index (χ1) is 17.6. The molecule has 3 aromatic rings. The molecule has 0 spiro atoms. The van der Waals surface area contributed by atoms with Crippen LogP contribution in [0.2, 0.25) is 0 Å². The molecular formula is C26H26FN3O6S. The van der Waals surface area contributed by atoms with Crippen molar-refractivity contribution < 1.29 is 31.9 Å². The standard InChI is InChI=1S/C26H26FN3O6S/c1-17(28-25(31)15-6-18-4-10-21(35-2)11-5-18)26(32)29-20-9-14-24(36-3)23(16-20)30-37(33,34)22-12-7-19(27)8-13-22/h4-17,30H,1-3H3,(H,28,31)(H,29,32)/b15-6+. The molecule has 1 unspecified atom stereocenters. The minimum absolute atomic E-state index is 0.0590. The van der Waals surface area contributed by atoms with Gasteiger partial charge in [0, 0.05) is 11.8 Å². The molecule has 11 heteroatoms. The third-order valence-corrected chi connectivity index (χ3v) is 6.51. The summed E-state index contributed by atoms with van der Waals surface area (Å²) in [5.41, 5.74) is 1.10. The summed E-state index contributed by atoms with van der Waals surface area (Å²) in [5.74, 6) is -0.672. The highest BCUT2D eigenvalue weighted by Crippen LogP contribution is 2.30. The highest BCUT2D eigenvalue weighted by atomic mass is 32.2. The third kappa shape index (κ3) is 7.55. The monoisotopic (exact) mass is 527 g/mol. The van der Waals surface area contributed by atoms with E-state index in [1.807, 2.05) is 0 Å². The molecule has 0 aromatic heterocycles. The van der Waals surface area contributed by atoms with Crippen LogP contribution in [0.25, 0.3) is 6.08 Å². The number of methoxy groups -OCH3 is 2. The van der Waals surface area contributed by atoms with Gasteiger partial charge in [-0.2, -0.15) is 0 Å². The largest absolute Gasteiger partial charge is 0.497 e. The van der Waals surface area contributed by atoms with E-state index in [1.54, 1.807) is 37.5 Å². The molecule has 0 aliphatic rings. The van der Waals surface area contributed by atoms with E-state index < -0.39 is 33.7 Å². The number of ether oxygens (including phenoxy) is 2. The van der Waals surface area contributed by atoms with Gasteiger partial charge < -0.3 is 20.1 Å². The van der Waals surface area contributed by atoms with Crippen LogP contribution in [0.15, 0.2) is 77.7 Å². The van der Waals surface area contributed by atoms with Crippen molar-refractivity contribution >= 4 is 39.3 Å². The normalized spacial score (nSPS) is 12.0. The Labute approximate surface area is 214 Å². The minimum Gasteiger partial charge on any atom is -0.497 e. The van der Waals surface area contributed by atoms with E-state index in [-0.39, 0.29) is 22.0 Å². The van der Waals surface area contributed by atoms with E-state index in [0.717, 1.165) is 29.8 Å². The topological polar surface area (TPSA) is 123 Å². The Morgan fingerprint density at radius 2 is 1.62 bits per heavy atom. The highest BCUT2D eigenvalue weighted by molar-refractivity contribution is 7.92. The molecule has 3 N–H and O–H groups in total. The van der Waals surface area contributed by atoms with Crippen LogP contribution in [0.5, 0.6) is 11.5 Å². The number of rotatable bonds is 10. The van der Waals surface area contributed by atoms with Crippen molar-refractivity contribution in [3.05, 3.63) is 84.2 Å². The maximum atomic E-state index is 13.2. The lowest BCUT2D eigenvalue weighted by Gasteiger charge is -2.16. The van der Waals surface area contributed by atoms with Crippen molar-refractivity contribution in [2.45, 2.75) is 17.9 Å². The van der Waals surface area contributed by atoms with Crippen LogP contribution in [0.1, 0.15) is 12.5 Å². The first-order valence-electron chi connectivity index (χ1n) is 11.0. The number of nitrogens with one attached hydrogen (secondary N) is 3. The Bertz CT molecular complexity index is 1390. The van der Waals surface area contributed by atoms with Crippen LogP contribution in [-0.4, -0.2) is 40.5 Å². The number of carbonyl (C=O) groups is 2. The summed E-state index contributed by atoms with van der Waals surface area (Å²) in [4.78, 5) is 24.7. The zero-order chi connectivity index (χ0) is 27.0. The van der Waals surface area contributed by atoms with Gasteiger partial charge >= 0.3 is 0 Å². The molecule has 0 heterocycles. The van der Waals surface area contributed by atoms with Gasteiger partial charge in [0.1, 0.15) is 23.4 Å². The number of anilines is 2. The van der Waals surface area contributed by atoms with Crippen molar-refractivity contribution in [2.24, 2.45) is 0 Å². The van der Waals surface area contributed by atoms with Crippen LogP contribution in [0.4, 0.5) is 15.8 Å². The second kappa shape index (κ2) is 12.0. The van der Waals surface area contributed by atoms with Gasteiger partial charge in [0.15, 0.2) is 0 Å². The Hall–Kier alpha value is -4.38. The molecule has 3 rings (SSSR count). The fourth-order valence-corrected chi connectivity index (χ4v) is 4.21. The van der Waals surface area contributed by atoms with Gasteiger partial charge in [-0.25, -0.2) is 12.8 Å². The lowest BCUT2D eigenvalue weighted by atomic mass is 10.2. The van der Waals surface area contributed by atoms with Gasteiger partial charge in [-0.15, -0.1) is 0 Å². The number of amides is 2. The molecule has 0 radical (unpaired) electrons. The highest BCUT2D eigenvalue weighted by Gasteiger charge is 2.19. The maximum Gasteiger partial charge on any atom is 0.262 e. The number of halogens is 1. The number of benzene rings is 3. The molecule has 0 bridgehead atoms. The average molecular weight is 528 g/mol. The summed E-state index contributed by atoms with van der Waals surface area (Å²) in [6, 6.07) is 14.9. The third-order valence-electron chi connectivity index (χ3n) is 5.13. The van der Waals surface area contributed by atoms with Gasteiger partial charge in [0.05, 0.1) is 24.8 Å². The predicted molar refractivity (Wildman–Crippen MR) is 138 cm³/mol. The Morgan fingerprint density at radius 1 is 0.946 bits per heavy atom. The molecular weight excluding hydrogens is 501 g/mol. The van der Waals surface area contributed by atoms with Crippen LogP contribution in [0, 0.1) is 5.82 Å². The minimum atomic E-state index is -4.05. The van der Waals surface area contributed by atoms with Gasteiger partial charge in [-0.05, 0) is 73.2 Å². The summed E-state index contributed by atoms with van der Waals surface area (Å²) < 4.78 is 51.3. The molecule has 194 valence electrons.